The van der Waals surface area contributed by atoms with Gasteiger partial charge in [0.25, 0.3) is 0 Å². The zero-order valence-electron chi connectivity index (χ0n) is 16.8. The molecule has 2 aromatic rings. The summed E-state index contributed by atoms with van der Waals surface area (Å²) in [5, 5.41) is 6.48. The number of nitrogens with one attached hydrogen (secondary N) is 2. The summed E-state index contributed by atoms with van der Waals surface area (Å²) in [6, 6.07) is 17.9. The third kappa shape index (κ3) is 7.75. The minimum Gasteiger partial charge on any atom is -0.497 e. The van der Waals surface area contributed by atoms with E-state index in [0.717, 1.165) is 16.9 Å². The molecule has 28 heavy (non-hydrogen) atoms. The molecule has 0 aromatic heterocycles. The SMILES string of the molecule is COc1cccc(CN=C(NCC(=O)N(C)C)NC(C)c2ccccc2)c1.I. The van der Waals surface area contributed by atoms with Gasteiger partial charge in [-0.05, 0) is 30.2 Å². The third-order valence-electron chi connectivity index (χ3n) is 4.11. The average molecular weight is 496 g/mol. The fourth-order valence-electron chi connectivity index (χ4n) is 2.44. The number of nitrogens with zero attached hydrogens (tertiary/aromatic N) is 2. The van der Waals surface area contributed by atoms with Gasteiger partial charge in [0.2, 0.25) is 5.91 Å². The monoisotopic (exact) mass is 496 g/mol. The van der Waals surface area contributed by atoms with E-state index in [9.17, 15) is 4.79 Å². The molecule has 0 heterocycles. The quantitative estimate of drug-likeness (QED) is 0.351. The number of amides is 1. The van der Waals surface area contributed by atoms with E-state index in [1.807, 2.05) is 42.5 Å². The molecule has 2 aromatic carbocycles. The van der Waals surface area contributed by atoms with Crippen molar-refractivity contribution in [3.63, 3.8) is 0 Å². The summed E-state index contributed by atoms with van der Waals surface area (Å²) in [7, 11) is 5.11. The van der Waals surface area contributed by atoms with Crippen molar-refractivity contribution < 1.29 is 9.53 Å². The number of hydrogen-bond donors (Lipinski definition) is 2. The van der Waals surface area contributed by atoms with Crippen molar-refractivity contribution in [1.29, 1.82) is 0 Å². The number of hydrogen-bond acceptors (Lipinski definition) is 3. The number of rotatable bonds is 7. The molecule has 0 saturated heterocycles. The van der Waals surface area contributed by atoms with Crippen LogP contribution in [0.15, 0.2) is 59.6 Å². The second-order valence-corrected chi connectivity index (χ2v) is 6.43. The van der Waals surface area contributed by atoms with Crippen LogP contribution >= 0.6 is 24.0 Å². The van der Waals surface area contributed by atoms with Crippen LogP contribution in [0, 0.1) is 0 Å². The van der Waals surface area contributed by atoms with E-state index in [1.54, 1.807) is 26.1 Å². The van der Waals surface area contributed by atoms with Gasteiger partial charge in [-0.3, -0.25) is 4.79 Å². The van der Waals surface area contributed by atoms with Gasteiger partial charge in [-0.1, -0.05) is 42.5 Å². The molecule has 0 saturated carbocycles. The first-order valence-electron chi connectivity index (χ1n) is 8.92. The highest BCUT2D eigenvalue weighted by Gasteiger charge is 2.10. The fourth-order valence-corrected chi connectivity index (χ4v) is 2.44. The molecular weight excluding hydrogens is 467 g/mol. The Kier molecular flexibility index (Phi) is 10.4. The molecule has 0 aliphatic rings. The van der Waals surface area contributed by atoms with Gasteiger partial charge in [0.05, 0.1) is 26.2 Å². The third-order valence-corrected chi connectivity index (χ3v) is 4.11. The number of methoxy groups -OCH3 is 1. The second-order valence-electron chi connectivity index (χ2n) is 6.43. The Bertz CT molecular complexity index is 766. The zero-order valence-corrected chi connectivity index (χ0v) is 19.1. The lowest BCUT2D eigenvalue weighted by atomic mass is 10.1. The van der Waals surface area contributed by atoms with Gasteiger partial charge in [0.15, 0.2) is 5.96 Å². The Morgan fingerprint density at radius 2 is 1.86 bits per heavy atom. The van der Waals surface area contributed by atoms with Crippen molar-refractivity contribution >= 4 is 35.8 Å². The van der Waals surface area contributed by atoms with Crippen LogP contribution in [0.4, 0.5) is 0 Å². The Labute approximate surface area is 184 Å². The largest absolute Gasteiger partial charge is 0.497 e. The minimum atomic E-state index is -0.0155. The Hall–Kier alpha value is -2.29. The number of carbonyl (C=O) groups is 1. The molecule has 0 bridgehead atoms. The molecule has 2 rings (SSSR count). The summed E-state index contributed by atoms with van der Waals surface area (Å²) < 4.78 is 5.26. The Morgan fingerprint density at radius 3 is 2.50 bits per heavy atom. The summed E-state index contributed by atoms with van der Waals surface area (Å²) in [6.45, 7) is 2.72. The molecule has 152 valence electrons. The molecular formula is C21H29IN4O2. The lowest BCUT2D eigenvalue weighted by Gasteiger charge is -2.19. The van der Waals surface area contributed by atoms with E-state index < -0.39 is 0 Å². The summed E-state index contributed by atoms with van der Waals surface area (Å²) in [5.74, 6) is 1.37. The summed E-state index contributed by atoms with van der Waals surface area (Å²) in [5.41, 5.74) is 2.18. The van der Waals surface area contributed by atoms with Crippen molar-refractivity contribution in [3.05, 3.63) is 65.7 Å². The highest BCUT2D eigenvalue weighted by Crippen LogP contribution is 2.14. The van der Waals surface area contributed by atoms with E-state index in [2.05, 4.69) is 34.7 Å². The van der Waals surface area contributed by atoms with Crippen LogP contribution in [0.5, 0.6) is 5.75 Å². The highest BCUT2D eigenvalue weighted by atomic mass is 127. The Balaban J connectivity index is 0.00000392. The van der Waals surface area contributed by atoms with Gasteiger partial charge in [-0.25, -0.2) is 4.99 Å². The normalized spacial score (nSPS) is 11.8. The summed E-state index contributed by atoms with van der Waals surface area (Å²) >= 11 is 0. The number of ether oxygens (including phenoxy) is 1. The molecule has 6 nitrogen and oxygen atoms in total. The number of likely N-dealkylation sites (N-methyl/N-ethyl adjacent to an activating group) is 1. The van der Waals surface area contributed by atoms with E-state index in [1.165, 1.54) is 0 Å². The molecule has 0 aliphatic carbocycles. The highest BCUT2D eigenvalue weighted by molar-refractivity contribution is 14.0. The van der Waals surface area contributed by atoms with Crippen LogP contribution in [0.25, 0.3) is 0 Å². The summed E-state index contributed by atoms with van der Waals surface area (Å²) in [6.07, 6.45) is 0. The molecule has 1 amide bonds. The summed E-state index contributed by atoms with van der Waals surface area (Å²) in [4.78, 5) is 18.1. The predicted molar refractivity (Wildman–Crippen MR) is 124 cm³/mol. The van der Waals surface area contributed by atoms with Crippen molar-refractivity contribution in [3.8, 4) is 5.75 Å². The Morgan fingerprint density at radius 1 is 1.14 bits per heavy atom. The van der Waals surface area contributed by atoms with E-state index in [4.69, 9.17) is 4.74 Å². The van der Waals surface area contributed by atoms with Gasteiger partial charge in [-0.2, -0.15) is 0 Å². The van der Waals surface area contributed by atoms with E-state index in [-0.39, 0.29) is 42.5 Å². The molecule has 0 radical (unpaired) electrons. The molecule has 2 N–H and O–H groups in total. The zero-order chi connectivity index (χ0) is 19.6. The molecule has 0 aliphatic heterocycles. The van der Waals surface area contributed by atoms with Crippen LogP contribution in [-0.4, -0.2) is 44.5 Å². The van der Waals surface area contributed by atoms with Gasteiger partial charge < -0.3 is 20.3 Å². The van der Waals surface area contributed by atoms with Gasteiger partial charge in [0, 0.05) is 14.1 Å². The van der Waals surface area contributed by atoms with Crippen LogP contribution in [0.3, 0.4) is 0 Å². The molecule has 1 atom stereocenters. The van der Waals surface area contributed by atoms with Gasteiger partial charge in [0.1, 0.15) is 5.75 Å². The smallest absolute Gasteiger partial charge is 0.241 e. The minimum absolute atomic E-state index is 0. The topological polar surface area (TPSA) is 66.0 Å². The first-order chi connectivity index (χ1) is 13.0. The molecule has 1 unspecified atom stereocenters. The van der Waals surface area contributed by atoms with Crippen molar-refractivity contribution in [1.82, 2.24) is 15.5 Å². The van der Waals surface area contributed by atoms with Crippen molar-refractivity contribution in [2.75, 3.05) is 27.7 Å². The first kappa shape index (κ1) is 23.7. The van der Waals surface area contributed by atoms with Crippen LogP contribution in [0.2, 0.25) is 0 Å². The molecule has 0 spiro atoms. The van der Waals surface area contributed by atoms with E-state index >= 15 is 0 Å². The number of halogens is 1. The maximum atomic E-state index is 11.9. The second kappa shape index (κ2) is 12.2. The average Bonchev–Trinajstić information content (AvgIpc) is 2.70. The van der Waals surface area contributed by atoms with Crippen LogP contribution in [0.1, 0.15) is 24.1 Å². The molecule has 0 fully saturated rings. The van der Waals surface area contributed by atoms with Gasteiger partial charge >= 0.3 is 0 Å². The van der Waals surface area contributed by atoms with Crippen molar-refractivity contribution in [2.45, 2.75) is 19.5 Å². The van der Waals surface area contributed by atoms with Crippen LogP contribution < -0.4 is 15.4 Å². The van der Waals surface area contributed by atoms with Crippen molar-refractivity contribution in [2.24, 2.45) is 4.99 Å². The lowest BCUT2D eigenvalue weighted by molar-refractivity contribution is -0.127. The van der Waals surface area contributed by atoms with E-state index in [0.29, 0.717) is 12.5 Å². The maximum absolute atomic E-state index is 11.9. The fraction of sp³-hybridized carbons (Fsp3) is 0.333. The standard InChI is InChI=1S/C21H28N4O2.HI/c1-16(18-10-6-5-7-11-18)24-21(23-15-20(26)25(2)3)22-14-17-9-8-12-19(13-17)27-4;/h5-13,16H,14-15H2,1-4H3,(H2,22,23,24);1H. The predicted octanol–water partition coefficient (Wildman–Crippen LogP) is 3.20. The number of aliphatic imine (C=N–C) groups is 1. The number of guanidine groups is 1. The lowest BCUT2D eigenvalue weighted by Crippen LogP contribution is -2.43. The molecule has 7 heteroatoms. The van der Waals surface area contributed by atoms with Gasteiger partial charge in [-0.15, -0.1) is 24.0 Å². The maximum Gasteiger partial charge on any atom is 0.241 e. The number of benzene rings is 2. The van der Waals surface area contributed by atoms with Crippen LogP contribution in [-0.2, 0) is 11.3 Å². The number of carbonyl (C=O) groups excluding carboxylic acids is 1. The first-order valence-corrected chi connectivity index (χ1v) is 8.92.